The van der Waals surface area contributed by atoms with Gasteiger partial charge < -0.3 is 4.90 Å². The monoisotopic (exact) mass is 239 g/mol. The molecule has 1 fully saturated rings. The first-order chi connectivity index (χ1) is 7.90. The van der Waals surface area contributed by atoms with Gasteiger partial charge in [0.2, 0.25) is 0 Å². The minimum atomic E-state index is 0.748. The van der Waals surface area contributed by atoms with Gasteiger partial charge in [0.05, 0.1) is 0 Å². The Morgan fingerprint density at radius 2 is 1.53 bits per heavy atom. The largest absolute Gasteiger partial charge is 0.300 e. The smallest absolute Gasteiger partial charge is 0.00388 e. The quantitative estimate of drug-likeness (QED) is 0.635. The van der Waals surface area contributed by atoms with Gasteiger partial charge in [0.1, 0.15) is 0 Å². The summed E-state index contributed by atoms with van der Waals surface area (Å²) in [6.07, 6.45) is 4.26. The zero-order valence-corrected chi connectivity index (χ0v) is 12.9. The second kappa shape index (κ2) is 6.78. The molecule has 1 aliphatic heterocycles. The highest BCUT2D eigenvalue weighted by molar-refractivity contribution is 4.85. The minimum Gasteiger partial charge on any atom is -0.300 e. The van der Waals surface area contributed by atoms with Gasteiger partial charge in [-0.05, 0) is 43.9 Å². The molecule has 0 bridgehead atoms. The van der Waals surface area contributed by atoms with Crippen LogP contribution < -0.4 is 0 Å². The summed E-state index contributed by atoms with van der Waals surface area (Å²) in [5.74, 6) is 3.68. The van der Waals surface area contributed by atoms with E-state index in [0.29, 0.717) is 0 Å². The van der Waals surface area contributed by atoms with Gasteiger partial charge in [-0.2, -0.15) is 0 Å². The Hall–Kier alpha value is -0.0400. The standard InChI is InChI=1S/C16H33N/c1-12(2)9-14(5)7-8-15(6)16-10-17(11-16)13(3)4/h12-16H,7-11H2,1-6H3. The van der Waals surface area contributed by atoms with Gasteiger partial charge in [-0.1, -0.05) is 40.5 Å². The molecule has 1 nitrogen and oxygen atoms in total. The Balaban J connectivity index is 2.12. The van der Waals surface area contributed by atoms with E-state index in [4.69, 9.17) is 0 Å². The van der Waals surface area contributed by atoms with Crippen LogP contribution in [0.2, 0.25) is 0 Å². The van der Waals surface area contributed by atoms with Crippen LogP contribution in [0.5, 0.6) is 0 Å². The van der Waals surface area contributed by atoms with E-state index in [0.717, 1.165) is 29.7 Å². The molecule has 0 aliphatic carbocycles. The molecule has 0 radical (unpaired) electrons. The summed E-state index contributed by atoms with van der Waals surface area (Å²) < 4.78 is 0. The lowest BCUT2D eigenvalue weighted by Crippen LogP contribution is -2.52. The third kappa shape index (κ3) is 4.99. The van der Waals surface area contributed by atoms with Gasteiger partial charge >= 0.3 is 0 Å². The van der Waals surface area contributed by atoms with Crippen LogP contribution in [-0.2, 0) is 0 Å². The van der Waals surface area contributed by atoms with E-state index in [1.807, 2.05) is 0 Å². The molecule has 0 amide bonds. The van der Waals surface area contributed by atoms with Crippen molar-refractivity contribution in [3.05, 3.63) is 0 Å². The molecular formula is C16H33N. The second-order valence-corrected chi connectivity index (χ2v) is 7.10. The highest BCUT2D eigenvalue weighted by Gasteiger charge is 2.32. The number of likely N-dealkylation sites (tertiary alicyclic amines) is 1. The van der Waals surface area contributed by atoms with Crippen molar-refractivity contribution in [2.75, 3.05) is 13.1 Å². The summed E-state index contributed by atoms with van der Waals surface area (Å²) in [6, 6.07) is 0.748. The Morgan fingerprint density at radius 3 is 2.00 bits per heavy atom. The van der Waals surface area contributed by atoms with E-state index >= 15 is 0 Å². The topological polar surface area (TPSA) is 3.24 Å². The van der Waals surface area contributed by atoms with Crippen LogP contribution in [0.3, 0.4) is 0 Å². The van der Waals surface area contributed by atoms with Crippen molar-refractivity contribution in [2.45, 2.75) is 66.8 Å². The first kappa shape index (κ1) is 15.0. The fraction of sp³-hybridized carbons (Fsp3) is 1.00. The van der Waals surface area contributed by atoms with E-state index in [1.165, 1.54) is 32.4 Å². The number of hydrogen-bond donors (Lipinski definition) is 0. The fourth-order valence-corrected chi connectivity index (χ4v) is 3.04. The molecule has 1 heteroatoms. The molecule has 2 atom stereocenters. The zero-order valence-electron chi connectivity index (χ0n) is 12.9. The van der Waals surface area contributed by atoms with Gasteiger partial charge in [0.25, 0.3) is 0 Å². The predicted molar refractivity (Wildman–Crippen MR) is 77.2 cm³/mol. The fourth-order valence-electron chi connectivity index (χ4n) is 3.04. The van der Waals surface area contributed by atoms with E-state index < -0.39 is 0 Å². The molecule has 1 aliphatic rings. The van der Waals surface area contributed by atoms with Gasteiger partial charge in [0, 0.05) is 19.1 Å². The summed E-state index contributed by atoms with van der Waals surface area (Å²) in [7, 11) is 0. The van der Waals surface area contributed by atoms with Crippen molar-refractivity contribution in [3.63, 3.8) is 0 Å². The van der Waals surface area contributed by atoms with E-state index in [1.54, 1.807) is 0 Å². The van der Waals surface area contributed by atoms with Crippen LogP contribution >= 0.6 is 0 Å². The van der Waals surface area contributed by atoms with Gasteiger partial charge in [0.15, 0.2) is 0 Å². The molecule has 1 heterocycles. The summed E-state index contributed by atoms with van der Waals surface area (Å²) in [5.41, 5.74) is 0. The highest BCUT2D eigenvalue weighted by atomic mass is 15.2. The van der Waals surface area contributed by atoms with Crippen molar-refractivity contribution < 1.29 is 0 Å². The molecule has 0 N–H and O–H groups in total. The molecule has 0 aromatic heterocycles. The molecule has 0 aromatic rings. The molecule has 0 aromatic carbocycles. The third-order valence-corrected chi connectivity index (χ3v) is 4.46. The first-order valence-corrected chi connectivity index (χ1v) is 7.64. The van der Waals surface area contributed by atoms with E-state index in [2.05, 4.69) is 46.4 Å². The van der Waals surface area contributed by atoms with E-state index in [-0.39, 0.29) is 0 Å². The molecule has 1 saturated heterocycles. The number of nitrogens with zero attached hydrogens (tertiary/aromatic N) is 1. The van der Waals surface area contributed by atoms with Crippen molar-refractivity contribution in [2.24, 2.45) is 23.7 Å². The molecule has 1 rings (SSSR count). The van der Waals surface area contributed by atoms with Gasteiger partial charge in [-0.15, -0.1) is 0 Å². The van der Waals surface area contributed by atoms with Gasteiger partial charge in [-0.25, -0.2) is 0 Å². The Kier molecular flexibility index (Phi) is 5.99. The summed E-state index contributed by atoms with van der Waals surface area (Å²) in [4.78, 5) is 2.60. The number of hydrogen-bond acceptors (Lipinski definition) is 1. The third-order valence-electron chi connectivity index (χ3n) is 4.46. The molecule has 102 valence electrons. The van der Waals surface area contributed by atoms with E-state index in [9.17, 15) is 0 Å². The molecule has 0 saturated carbocycles. The number of rotatable bonds is 7. The second-order valence-electron chi connectivity index (χ2n) is 7.10. The average Bonchev–Trinajstić information content (AvgIpc) is 2.10. The summed E-state index contributed by atoms with van der Waals surface area (Å²) >= 11 is 0. The summed E-state index contributed by atoms with van der Waals surface area (Å²) in [5, 5.41) is 0. The Bertz CT molecular complexity index is 204. The first-order valence-electron chi connectivity index (χ1n) is 7.64. The molecule has 0 spiro atoms. The van der Waals surface area contributed by atoms with Crippen molar-refractivity contribution in [1.82, 2.24) is 4.90 Å². The van der Waals surface area contributed by atoms with Crippen molar-refractivity contribution in [3.8, 4) is 0 Å². The summed E-state index contributed by atoms with van der Waals surface area (Å²) in [6.45, 7) is 16.9. The lowest BCUT2D eigenvalue weighted by molar-refractivity contribution is 0.0319. The molecule has 17 heavy (non-hydrogen) atoms. The van der Waals surface area contributed by atoms with Gasteiger partial charge in [-0.3, -0.25) is 0 Å². The van der Waals surface area contributed by atoms with Crippen molar-refractivity contribution in [1.29, 1.82) is 0 Å². The van der Waals surface area contributed by atoms with Crippen molar-refractivity contribution >= 4 is 0 Å². The normalized spacial score (nSPS) is 21.9. The maximum Gasteiger partial charge on any atom is 0.00388 e. The molecule has 2 unspecified atom stereocenters. The highest BCUT2D eigenvalue weighted by Crippen LogP contribution is 2.30. The van der Waals surface area contributed by atoms with Crippen LogP contribution in [0, 0.1) is 23.7 Å². The van der Waals surface area contributed by atoms with Crippen LogP contribution in [0.25, 0.3) is 0 Å². The predicted octanol–water partition coefficient (Wildman–Crippen LogP) is 4.43. The average molecular weight is 239 g/mol. The Morgan fingerprint density at radius 1 is 0.941 bits per heavy atom. The SMILES string of the molecule is CC(C)CC(C)CCC(C)C1CN(C(C)C)C1. The Labute approximate surface area is 109 Å². The molecular weight excluding hydrogens is 206 g/mol. The van der Waals surface area contributed by atoms with Crippen LogP contribution in [-0.4, -0.2) is 24.0 Å². The van der Waals surface area contributed by atoms with Crippen LogP contribution in [0.15, 0.2) is 0 Å². The lowest BCUT2D eigenvalue weighted by Gasteiger charge is -2.45. The maximum absolute atomic E-state index is 2.60. The zero-order chi connectivity index (χ0) is 13.0. The maximum atomic E-state index is 2.60. The minimum absolute atomic E-state index is 0.748. The van der Waals surface area contributed by atoms with Crippen LogP contribution in [0.4, 0.5) is 0 Å². The lowest BCUT2D eigenvalue weighted by atomic mass is 9.81. The van der Waals surface area contributed by atoms with Crippen LogP contribution in [0.1, 0.15) is 60.8 Å².